The highest BCUT2D eigenvalue weighted by molar-refractivity contribution is 5.44. The highest BCUT2D eigenvalue weighted by atomic mass is 19.4. The van der Waals surface area contributed by atoms with Crippen molar-refractivity contribution >= 4 is 5.69 Å². The van der Waals surface area contributed by atoms with Crippen LogP contribution in [0.1, 0.15) is 25.6 Å². The molecule has 1 heterocycles. The maximum atomic E-state index is 12.3. The minimum Gasteiger partial charge on any atom is -0.387 e. The average molecular weight is 248 g/mol. The van der Waals surface area contributed by atoms with E-state index in [1.165, 1.54) is 23.2 Å². The van der Waals surface area contributed by atoms with Crippen LogP contribution in [-0.2, 0) is 0 Å². The fraction of sp³-hybridized carbons (Fsp3) is 0.545. The fourth-order valence-corrected chi connectivity index (χ4v) is 1.43. The SMILES string of the molecule is CCN(CC(F)(F)F)c1ccc([C@H](C)O)nc1. The molecule has 1 aromatic heterocycles. The van der Waals surface area contributed by atoms with E-state index in [0.29, 0.717) is 11.4 Å². The molecule has 0 amide bonds. The van der Waals surface area contributed by atoms with Crippen molar-refractivity contribution in [3.8, 4) is 0 Å². The molecule has 1 atom stereocenters. The quantitative estimate of drug-likeness (QED) is 0.889. The smallest absolute Gasteiger partial charge is 0.387 e. The second-order valence-corrected chi connectivity index (χ2v) is 3.75. The largest absolute Gasteiger partial charge is 0.405 e. The lowest BCUT2D eigenvalue weighted by Crippen LogP contribution is -2.34. The maximum absolute atomic E-state index is 12.3. The molecular formula is C11H15F3N2O. The Hall–Kier alpha value is -1.30. The summed E-state index contributed by atoms with van der Waals surface area (Å²) in [6.45, 7) is 2.44. The molecule has 0 aliphatic rings. The van der Waals surface area contributed by atoms with Gasteiger partial charge in [0.25, 0.3) is 0 Å². The standard InChI is InChI=1S/C11H15F3N2O/c1-3-16(7-11(12,13)14)9-4-5-10(8(2)17)15-6-9/h4-6,8,17H,3,7H2,1-2H3/t8-/m0/s1. The Morgan fingerprint density at radius 1 is 1.41 bits per heavy atom. The molecule has 6 heteroatoms. The topological polar surface area (TPSA) is 36.4 Å². The van der Waals surface area contributed by atoms with Crippen LogP contribution < -0.4 is 4.90 Å². The van der Waals surface area contributed by atoms with Crippen LogP contribution in [0.2, 0.25) is 0 Å². The summed E-state index contributed by atoms with van der Waals surface area (Å²) in [5.41, 5.74) is 0.839. The minimum absolute atomic E-state index is 0.245. The fourth-order valence-electron chi connectivity index (χ4n) is 1.43. The van der Waals surface area contributed by atoms with Crippen LogP contribution in [0, 0.1) is 0 Å². The van der Waals surface area contributed by atoms with E-state index < -0.39 is 18.8 Å². The van der Waals surface area contributed by atoms with Crippen molar-refractivity contribution in [1.29, 1.82) is 0 Å². The van der Waals surface area contributed by atoms with Gasteiger partial charge in [-0.3, -0.25) is 4.98 Å². The van der Waals surface area contributed by atoms with Crippen molar-refractivity contribution in [2.24, 2.45) is 0 Å². The second-order valence-electron chi connectivity index (χ2n) is 3.75. The predicted octanol–water partition coefficient (Wildman–Crippen LogP) is 2.52. The van der Waals surface area contributed by atoms with E-state index in [1.807, 2.05) is 0 Å². The van der Waals surface area contributed by atoms with Gasteiger partial charge in [-0.15, -0.1) is 0 Å². The molecule has 0 unspecified atom stereocenters. The molecule has 0 aromatic carbocycles. The molecule has 0 radical (unpaired) electrons. The van der Waals surface area contributed by atoms with Crippen molar-refractivity contribution in [2.75, 3.05) is 18.0 Å². The van der Waals surface area contributed by atoms with Crippen molar-refractivity contribution in [1.82, 2.24) is 4.98 Å². The molecule has 1 aromatic rings. The summed E-state index contributed by atoms with van der Waals surface area (Å²) in [6, 6.07) is 3.06. The lowest BCUT2D eigenvalue weighted by atomic mass is 10.2. The first-order valence-corrected chi connectivity index (χ1v) is 5.29. The number of nitrogens with zero attached hydrogens (tertiary/aromatic N) is 2. The van der Waals surface area contributed by atoms with Gasteiger partial charge in [0.05, 0.1) is 23.7 Å². The van der Waals surface area contributed by atoms with Gasteiger partial charge in [-0.25, -0.2) is 0 Å². The summed E-state index contributed by atoms with van der Waals surface area (Å²) in [5.74, 6) is 0. The zero-order valence-corrected chi connectivity index (χ0v) is 9.70. The molecule has 0 bridgehead atoms. The third-order valence-electron chi connectivity index (χ3n) is 2.32. The third-order valence-corrected chi connectivity index (χ3v) is 2.32. The van der Waals surface area contributed by atoms with Crippen LogP contribution in [0.15, 0.2) is 18.3 Å². The lowest BCUT2D eigenvalue weighted by molar-refractivity contribution is -0.119. The van der Waals surface area contributed by atoms with Gasteiger partial charge in [0.2, 0.25) is 0 Å². The Morgan fingerprint density at radius 3 is 2.41 bits per heavy atom. The van der Waals surface area contributed by atoms with E-state index in [4.69, 9.17) is 0 Å². The molecule has 96 valence electrons. The van der Waals surface area contributed by atoms with E-state index in [0.717, 1.165) is 0 Å². The van der Waals surface area contributed by atoms with E-state index in [9.17, 15) is 18.3 Å². The Balaban J connectivity index is 2.82. The van der Waals surface area contributed by atoms with Crippen molar-refractivity contribution in [2.45, 2.75) is 26.1 Å². The van der Waals surface area contributed by atoms with Crippen LogP contribution >= 0.6 is 0 Å². The van der Waals surface area contributed by atoms with Crippen molar-refractivity contribution in [3.05, 3.63) is 24.0 Å². The normalized spacial score (nSPS) is 13.5. The maximum Gasteiger partial charge on any atom is 0.405 e. The molecule has 1 N–H and O–H groups in total. The molecule has 17 heavy (non-hydrogen) atoms. The van der Waals surface area contributed by atoms with E-state index in [-0.39, 0.29) is 6.54 Å². The number of anilines is 1. The molecular weight excluding hydrogens is 233 g/mol. The van der Waals surface area contributed by atoms with Crippen molar-refractivity contribution < 1.29 is 18.3 Å². The first-order valence-electron chi connectivity index (χ1n) is 5.29. The first-order chi connectivity index (χ1) is 7.83. The summed E-state index contributed by atoms with van der Waals surface area (Å²) in [7, 11) is 0. The molecule has 0 spiro atoms. The van der Waals surface area contributed by atoms with Crippen LogP contribution in [0.3, 0.4) is 0 Å². The average Bonchev–Trinajstić information content (AvgIpc) is 2.25. The van der Waals surface area contributed by atoms with E-state index in [1.54, 1.807) is 13.8 Å². The predicted molar refractivity (Wildman–Crippen MR) is 58.8 cm³/mol. The molecule has 1 rings (SSSR count). The third kappa shape index (κ3) is 4.22. The molecule has 0 aliphatic heterocycles. The first kappa shape index (κ1) is 13.8. The number of alkyl halides is 3. The zero-order valence-electron chi connectivity index (χ0n) is 9.70. The molecule has 3 nitrogen and oxygen atoms in total. The number of halogens is 3. The molecule has 0 aliphatic carbocycles. The van der Waals surface area contributed by atoms with Crippen LogP contribution in [0.5, 0.6) is 0 Å². The Labute approximate surface area is 97.9 Å². The van der Waals surface area contributed by atoms with Crippen LogP contribution in [0.25, 0.3) is 0 Å². The second kappa shape index (κ2) is 5.35. The minimum atomic E-state index is -4.24. The lowest BCUT2D eigenvalue weighted by Gasteiger charge is -2.24. The number of pyridine rings is 1. The highest BCUT2D eigenvalue weighted by Crippen LogP contribution is 2.22. The number of aliphatic hydroxyl groups is 1. The van der Waals surface area contributed by atoms with E-state index in [2.05, 4.69) is 4.98 Å². The molecule has 0 fully saturated rings. The number of aliphatic hydroxyl groups excluding tert-OH is 1. The van der Waals surface area contributed by atoms with Gasteiger partial charge in [0.15, 0.2) is 0 Å². The Bertz CT molecular complexity index is 349. The highest BCUT2D eigenvalue weighted by Gasteiger charge is 2.30. The van der Waals surface area contributed by atoms with Crippen molar-refractivity contribution in [3.63, 3.8) is 0 Å². The van der Waals surface area contributed by atoms with Gasteiger partial charge in [0, 0.05) is 6.54 Å². The van der Waals surface area contributed by atoms with E-state index >= 15 is 0 Å². The van der Waals surface area contributed by atoms with Gasteiger partial charge in [-0.1, -0.05) is 0 Å². The summed E-state index contributed by atoms with van der Waals surface area (Å²) in [6.07, 6.45) is -3.61. The summed E-state index contributed by atoms with van der Waals surface area (Å²) < 4.78 is 36.9. The zero-order chi connectivity index (χ0) is 13.1. The summed E-state index contributed by atoms with van der Waals surface area (Å²) >= 11 is 0. The molecule has 0 saturated heterocycles. The van der Waals surface area contributed by atoms with Crippen LogP contribution in [0.4, 0.5) is 18.9 Å². The van der Waals surface area contributed by atoms with Gasteiger partial charge in [-0.2, -0.15) is 13.2 Å². The molecule has 0 saturated carbocycles. The van der Waals surface area contributed by atoms with Gasteiger partial charge < -0.3 is 10.0 Å². The van der Waals surface area contributed by atoms with Gasteiger partial charge >= 0.3 is 6.18 Å². The summed E-state index contributed by atoms with van der Waals surface area (Å²) in [4.78, 5) is 5.10. The Kier molecular flexibility index (Phi) is 4.34. The Morgan fingerprint density at radius 2 is 2.06 bits per heavy atom. The summed E-state index contributed by atoms with van der Waals surface area (Å²) in [5, 5.41) is 9.24. The number of hydrogen-bond acceptors (Lipinski definition) is 3. The number of rotatable bonds is 4. The monoisotopic (exact) mass is 248 g/mol. The van der Waals surface area contributed by atoms with Gasteiger partial charge in [0.1, 0.15) is 6.54 Å². The van der Waals surface area contributed by atoms with Gasteiger partial charge in [-0.05, 0) is 26.0 Å². The van der Waals surface area contributed by atoms with Crippen LogP contribution in [-0.4, -0.2) is 29.4 Å². The number of aromatic nitrogens is 1. The number of hydrogen-bond donors (Lipinski definition) is 1.